The molecule has 13 rings (SSSR count). The SMILES string of the molecule is c1ccc(-c2nc(-n3c4ccc(-c5ccc6c(c5)c5c7oc8ccccc8c7ccc5n6-c5ccccc5)cc4c4c5ccccc5ccc43)nc3ccccc23)cc1. The zero-order chi connectivity index (χ0) is 38.6. The molecule has 0 saturated carbocycles. The van der Waals surface area contributed by atoms with Gasteiger partial charge in [-0.2, -0.15) is 0 Å². The number of rotatable bonds is 4. The number of nitrogens with zero attached hydrogens (tertiary/aromatic N) is 4. The highest BCUT2D eigenvalue weighted by Gasteiger charge is 2.22. The minimum absolute atomic E-state index is 0.649. The Morgan fingerprint density at radius 2 is 0.983 bits per heavy atom. The van der Waals surface area contributed by atoms with Gasteiger partial charge in [0.1, 0.15) is 11.2 Å². The molecule has 0 radical (unpaired) electrons. The summed E-state index contributed by atoms with van der Waals surface area (Å²) in [5, 5.41) is 10.3. The van der Waals surface area contributed by atoms with Crippen molar-refractivity contribution in [2.45, 2.75) is 0 Å². The molecule has 0 spiro atoms. The van der Waals surface area contributed by atoms with Gasteiger partial charge in [-0.05, 0) is 88.6 Å². The Morgan fingerprint density at radius 3 is 1.80 bits per heavy atom. The van der Waals surface area contributed by atoms with Gasteiger partial charge in [0, 0.05) is 43.6 Å². The molecule has 0 fully saturated rings. The smallest absolute Gasteiger partial charge is 0.235 e. The van der Waals surface area contributed by atoms with E-state index < -0.39 is 0 Å². The second-order valence-corrected chi connectivity index (χ2v) is 15.3. The van der Waals surface area contributed by atoms with Gasteiger partial charge < -0.3 is 8.98 Å². The van der Waals surface area contributed by atoms with Gasteiger partial charge in [-0.15, -0.1) is 0 Å². The molecule has 0 bridgehead atoms. The molecule has 4 aromatic heterocycles. The molecule has 0 aliphatic rings. The van der Waals surface area contributed by atoms with Crippen LogP contribution < -0.4 is 0 Å². The summed E-state index contributed by atoms with van der Waals surface area (Å²) in [5.41, 5.74) is 12.4. The maximum Gasteiger partial charge on any atom is 0.235 e. The fourth-order valence-electron chi connectivity index (χ4n) is 9.49. The zero-order valence-corrected chi connectivity index (χ0v) is 31.7. The maximum atomic E-state index is 6.70. The summed E-state index contributed by atoms with van der Waals surface area (Å²) < 4.78 is 11.3. The molecule has 0 atom stereocenters. The first-order valence-electron chi connectivity index (χ1n) is 20.0. The van der Waals surface area contributed by atoms with Crippen LogP contribution in [0.25, 0.3) is 121 Å². The second-order valence-electron chi connectivity index (χ2n) is 15.3. The van der Waals surface area contributed by atoms with Crippen molar-refractivity contribution in [3.63, 3.8) is 0 Å². The van der Waals surface area contributed by atoms with Gasteiger partial charge in [0.05, 0.1) is 38.7 Å². The lowest BCUT2D eigenvalue weighted by Gasteiger charge is -2.12. The fourth-order valence-corrected chi connectivity index (χ4v) is 9.49. The Kier molecular flexibility index (Phi) is 6.66. The van der Waals surface area contributed by atoms with Gasteiger partial charge >= 0.3 is 0 Å². The minimum Gasteiger partial charge on any atom is -0.455 e. The first-order chi connectivity index (χ1) is 29.3. The zero-order valence-electron chi connectivity index (χ0n) is 31.7. The topological polar surface area (TPSA) is 48.8 Å². The molecule has 0 amide bonds. The largest absolute Gasteiger partial charge is 0.455 e. The van der Waals surface area contributed by atoms with Crippen LogP contribution in [0.4, 0.5) is 0 Å². The Labute approximate surface area is 337 Å². The Hall–Kier alpha value is -8.02. The molecule has 4 heterocycles. The van der Waals surface area contributed by atoms with E-state index in [2.05, 4.69) is 185 Å². The first-order valence-corrected chi connectivity index (χ1v) is 20.0. The quantitative estimate of drug-likeness (QED) is 0.180. The summed E-state index contributed by atoms with van der Waals surface area (Å²) in [4.78, 5) is 10.6. The summed E-state index contributed by atoms with van der Waals surface area (Å²) in [6.45, 7) is 0. The molecule has 0 N–H and O–H groups in total. The number of para-hydroxylation sites is 3. The predicted molar refractivity (Wildman–Crippen MR) is 244 cm³/mol. The number of fused-ring (bicyclic) bond motifs is 13. The second kappa shape index (κ2) is 12.2. The third-order valence-corrected chi connectivity index (χ3v) is 12.1. The molecular formula is C54H32N4O. The third-order valence-electron chi connectivity index (χ3n) is 12.1. The van der Waals surface area contributed by atoms with Crippen LogP contribution in [0, 0.1) is 0 Å². The highest BCUT2D eigenvalue weighted by Crippen LogP contribution is 2.43. The van der Waals surface area contributed by atoms with Crippen LogP contribution in [0.3, 0.4) is 0 Å². The minimum atomic E-state index is 0.649. The number of hydrogen-bond acceptors (Lipinski definition) is 3. The third kappa shape index (κ3) is 4.67. The average Bonchev–Trinajstić information content (AvgIpc) is 3.96. The highest BCUT2D eigenvalue weighted by atomic mass is 16.3. The van der Waals surface area contributed by atoms with Crippen molar-refractivity contribution in [3.8, 4) is 34.0 Å². The van der Waals surface area contributed by atoms with Crippen molar-refractivity contribution < 1.29 is 4.42 Å². The van der Waals surface area contributed by atoms with E-state index in [1.165, 1.54) is 16.2 Å². The first kappa shape index (κ1) is 32.1. The molecule has 5 heteroatoms. The van der Waals surface area contributed by atoms with E-state index in [4.69, 9.17) is 14.4 Å². The number of hydrogen-bond donors (Lipinski definition) is 0. The molecule has 274 valence electrons. The van der Waals surface area contributed by atoms with Crippen molar-refractivity contribution in [3.05, 3.63) is 194 Å². The summed E-state index contributed by atoms with van der Waals surface area (Å²) in [6, 6.07) is 68.9. The van der Waals surface area contributed by atoms with Crippen LogP contribution in [0.1, 0.15) is 0 Å². The molecular weight excluding hydrogens is 721 g/mol. The van der Waals surface area contributed by atoms with Crippen LogP contribution in [0.5, 0.6) is 0 Å². The van der Waals surface area contributed by atoms with Gasteiger partial charge in [0.15, 0.2) is 0 Å². The summed E-state index contributed by atoms with van der Waals surface area (Å²) in [5.74, 6) is 0.649. The molecule has 0 unspecified atom stereocenters. The van der Waals surface area contributed by atoms with E-state index in [1.54, 1.807) is 0 Å². The summed E-state index contributed by atoms with van der Waals surface area (Å²) in [7, 11) is 0. The van der Waals surface area contributed by atoms with Gasteiger partial charge in [0.25, 0.3) is 0 Å². The van der Waals surface area contributed by atoms with E-state index >= 15 is 0 Å². The number of aromatic nitrogens is 4. The number of benzene rings is 9. The molecule has 0 aliphatic heterocycles. The van der Waals surface area contributed by atoms with E-state index in [9.17, 15) is 0 Å². The fraction of sp³-hybridized carbons (Fsp3) is 0. The lowest BCUT2D eigenvalue weighted by Crippen LogP contribution is -2.03. The van der Waals surface area contributed by atoms with Crippen molar-refractivity contribution in [2.75, 3.05) is 0 Å². The normalized spacial score (nSPS) is 12.1. The average molecular weight is 753 g/mol. The molecule has 59 heavy (non-hydrogen) atoms. The van der Waals surface area contributed by atoms with E-state index in [-0.39, 0.29) is 0 Å². The van der Waals surface area contributed by atoms with Gasteiger partial charge in [-0.1, -0.05) is 127 Å². The van der Waals surface area contributed by atoms with Gasteiger partial charge in [-0.3, -0.25) is 4.57 Å². The van der Waals surface area contributed by atoms with Crippen LogP contribution >= 0.6 is 0 Å². The Balaban J connectivity index is 1.09. The monoisotopic (exact) mass is 752 g/mol. The Bertz CT molecular complexity index is 3840. The lowest BCUT2D eigenvalue weighted by atomic mass is 9.98. The molecule has 9 aromatic carbocycles. The standard InChI is InChI=1S/C54H32N4O/c1-3-14-34(15-4-1)52-41-20-9-11-21-44(41)55-54(56-52)58-46-28-25-35(31-42(46)50-38-18-8-7-13-33(38)23-29-47(50)58)36-24-27-45-43(32-36)51-48(57(45)37-16-5-2-6-17-37)30-26-40-39-19-10-12-22-49(39)59-53(40)51/h1-32H. The van der Waals surface area contributed by atoms with Gasteiger partial charge in [-0.25, -0.2) is 9.97 Å². The highest BCUT2D eigenvalue weighted by molar-refractivity contribution is 6.25. The maximum absolute atomic E-state index is 6.70. The van der Waals surface area contributed by atoms with Gasteiger partial charge in [0.2, 0.25) is 5.95 Å². The van der Waals surface area contributed by atoms with E-state index in [0.717, 1.165) is 99.1 Å². The van der Waals surface area contributed by atoms with Crippen molar-refractivity contribution >= 4 is 87.2 Å². The van der Waals surface area contributed by atoms with Crippen molar-refractivity contribution in [1.82, 2.24) is 19.1 Å². The lowest BCUT2D eigenvalue weighted by molar-refractivity contribution is 0.673. The van der Waals surface area contributed by atoms with E-state index in [1.807, 2.05) is 18.2 Å². The van der Waals surface area contributed by atoms with Crippen molar-refractivity contribution in [2.24, 2.45) is 0 Å². The van der Waals surface area contributed by atoms with Crippen LogP contribution in [0.2, 0.25) is 0 Å². The molecule has 13 aromatic rings. The summed E-state index contributed by atoms with van der Waals surface area (Å²) >= 11 is 0. The predicted octanol–water partition coefficient (Wildman–Crippen LogP) is 14.2. The van der Waals surface area contributed by atoms with Crippen LogP contribution in [-0.2, 0) is 0 Å². The molecule has 0 aliphatic carbocycles. The Morgan fingerprint density at radius 1 is 0.373 bits per heavy atom. The molecule has 0 saturated heterocycles. The van der Waals surface area contributed by atoms with Crippen LogP contribution in [0.15, 0.2) is 199 Å². The number of furan rings is 1. The molecule has 5 nitrogen and oxygen atoms in total. The van der Waals surface area contributed by atoms with Crippen LogP contribution in [-0.4, -0.2) is 19.1 Å². The summed E-state index contributed by atoms with van der Waals surface area (Å²) in [6.07, 6.45) is 0. The van der Waals surface area contributed by atoms with E-state index in [0.29, 0.717) is 5.95 Å². The van der Waals surface area contributed by atoms with Crippen molar-refractivity contribution in [1.29, 1.82) is 0 Å².